The summed E-state index contributed by atoms with van der Waals surface area (Å²) in [6, 6.07) is 0. The predicted octanol–water partition coefficient (Wildman–Crippen LogP) is -3.78. The van der Waals surface area contributed by atoms with Gasteiger partial charge in [0.05, 0.1) is 0 Å². The Bertz CT molecular complexity index is 231. The van der Waals surface area contributed by atoms with Crippen molar-refractivity contribution in [1.82, 2.24) is 11.1 Å². The fourth-order valence-corrected chi connectivity index (χ4v) is 3.41. The van der Waals surface area contributed by atoms with Gasteiger partial charge >= 0.3 is 86.9 Å². The second kappa shape index (κ2) is 4.05. The Labute approximate surface area is 87.1 Å². The SMILES string of the molecule is CN1CN(C)/C(=N/[N+](=O)[O-])N(C)[I-]1. The van der Waals surface area contributed by atoms with Crippen molar-refractivity contribution in [3.8, 4) is 0 Å². The number of hydrazone groups is 1. The molecule has 1 aliphatic rings. The van der Waals surface area contributed by atoms with E-state index in [4.69, 9.17) is 0 Å². The third-order valence-electron chi connectivity index (χ3n) is 1.44. The fraction of sp³-hybridized carbons (Fsp3) is 0.800. The molecule has 8 heteroatoms. The van der Waals surface area contributed by atoms with Gasteiger partial charge in [0.1, 0.15) is 0 Å². The number of rotatable bonds is 1. The van der Waals surface area contributed by atoms with E-state index >= 15 is 0 Å². The predicted molar refractivity (Wildman–Crippen MR) is 42.6 cm³/mol. The van der Waals surface area contributed by atoms with Crippen molar-refractivity contribution < 1.29 is 26.8 Å². The van der Waals surface area contributed by atoms with Gasteiger partial charge in [0.2, 0.25) is 0 Å². The van der Waals surface area contributed by atoms with Crippen molar-refractivity contribution in [2.45, 2.75) is 0 Å². The first kappa shape index (κ1) is 10.4. The third-order valence-corrected chi connectivity index (χ3v) is 3.56. The first-order valence-electron chi connectivity index (χ1n) is 3.55. The van der Waals surface area contributed by atoms with Crippen LogP contribution in [0.4, 0.5) is 0 Å². The van der Waals surface area contributed by atoms with Gasteiger partial charge in [-0.15, -0.1) is 0 Å². The van der Waals surface area contributed by atoms with Crippen molar-refractivity contribution in [2.75, 3.05) is 27.8 Å². The molecule has 76 valence electrons. The summed E-state index contributed by atoms with van der Waals surface area (Å²) in [6.07, 6.45) is 0. The van der Waals surface area contributed by atoms with Crippen LogP contribution in [0.25, 0.3) is 0 Å². The third kappa shape index (κ3) is 2.66. The van der Waals surface area contributed by atoms with Gasteiger partial charge in [-0.1, -0.05) is 0 Å². The summed E-state index contributed by atoms with van der Waals surface area (Å²) in [7, 11) is 5.60. The van der Waals surface area contributed by atoms with E-state index in [9.17, 15) is 10.1 Å². The van der Waals surface area contributed by atoms with Gasteiger partial charge in [-0.2, -0.15) is 0 Å². The maximum absolute atomic E-state index is 10.2. The van der Waals surface area contributed by atoms with Gasteiger partial charge in [-0.3, -0.25) is 0 Å². The molecule has 0 aromatic rings. The van der Waals surface area contributed by atoms with E-state index in [1.165, 1.54) is 0 Å². The molecule has 0 unspecified atom stereocenters. The van der Waals surface area contributed by atoms with Crippen LogP contribution in [-0.2, 0) is 0 Å². The maximum atomic E-state index is 10.2. The zero-order valence-corrected chi connectivity index (χ0v) is 9.80. The van der Waals surface area contributed by atoms with Gasteiger partial charge in [-0.25, -0.2) is 0 Å². The first-order valence-corrected chi connectivity index (χ1v) is 5.48. The monoisotopic (exact) mass is 300 g/mol. The summed E-state index contributed by atoms with van der Waals surface area (Å²) >= 11 is -0.320. The molecule has 0 amide bonds. The molecule has 1 heterocycles. The second-order valence-electron chi connectivity index (χ2n) is 2.63. The number of hydrogen-bond donors (Lipinski definition) is 0. The van der Waals surface area contributed by atoms with Crippen molar-refractivity contribution in [2.24, 2.45) is 5.10 Å². The van der Waals surface area contributed by atoms with Crippen LogP contribution in [0.1, 0.15) is 0 Å². The van der Waals surface area contributed by atoms with Crippen LogP contribution in [0.5, 0.6) is 0 Å². The summed E-state index contributed by atoms with van der Waals surface area (Å²) in [5.41, 5.74) is 0. The molecule has 7 nitrogen and oxygen atoms in total. The van der Waals surface area contributed by atoms with E-state index in [0.717, 1.165) is 0 Å². The van der Waals surface area contributed by atoms with Crippen molar-refractivity contribution in [3.63, 3.8) is 0 Å². The van der Waals surface area contributed by atoms with E-state index in [1.807, 2.05) is 17.2 Å². The minimum absolute atomic E-state index is 0.320. The average Bonchev–Trinajstić information content (AvgIpc) is 1.96. The number of nitro groups is 1. The number of hydrogen-bond acceptors (Lipinski definition) is 3. The topological polar surface area (TPSA) is 65.2 Å². The van der Waals surface area contributed by atoms with Crippen LogP contribution < -0.4 is 21.8 Å². The molecule has 0 aromatic heterocycles. The van der Waals surface area contributed by atoms with Crippen molar-refractivity contribution in [1.29, 1.82) is 0 Å². The van der Waals surface area contributed by atoms with Gasteiger partial charge in [0.25, 0.3) is 0 Å². The molecule has 0 N–H and O–H groups in total. The number of nitrogens with zero attached hydrogens (tertiary/aromatic N) is 5. The molecule has 0 bridgehead atoms. The Morgan fingerprint density at radius 1 is 1.54 bits per heavy atom. The van der Waals surface area contributed by atoms with E-state index in [0.29, 0.717) is 12.6 Å². The van der Waals surface area contributed by atoms with Crippen LogP contribution in [0.15, 0.2) is 5.10 Å². The molecule has 1 aliphatic heterocycles. The Hall–Kier alpha value is -0.640. The van der Waals surface area contributed by atoms with Gasteiger partial charge in [-0.05, 0) is 0 Å². The van der Waals surface area contributed by atoms with Crippen LogP contribution >= 0.6 is 0 Å². The molecule has 0 atom stereocenters. The Morgan fingerprint density at radius 2 is 2.15 bits per heavy atom. The van der Waals surface area contributed by atoms with E-state index < -0.39 is 5.03 Å². The zero-order chi connectivity index (χ0) is 10.0. The zero-order valence-electron chi connectivity index (χ0n) is 7.64. The Morgan fingerprint density at radius 3 is 2.62 bits per heavy atom. The van der Waals surface area contributed by atoms with Gasteiger partial charge in [0.15, 0.2) is 0 Å². The molecule has 0 spiro atoms. The van der Waals surface area contributed by atoms with Crippen LogP contribution in [0.3, 0.4) is 0 Å². The molecule has 0 saturated carbocycles. The van der Waals surface area contributed by atoms with Crippen LogP contribution in [-0.4, -0.2) is 49.9 Å². The van der Waals surface area contributed by atoms with Crippen molar-refractivity contribution >= 4 is 5.96 Å². The molecule has 0 radical (unpaired) electrons. The summed E-state index contributed by atoms with van der Waals surface area (Å²) in [5, 5.41) is 12.9. The Kier molecular flexibility index (Phi) is 3.25. The molecule has 0 aliphatic carbocycles. The summed E-state index contributed by atoms with van der Waals surface area (Å²) in [4.78, 5) is 12.0. The van der Waals surface area contributed by atoms with Crippen molar-refractivity contribution in [3.05, 3.63) is 10.1 Å². The van der Waals surface area contributed by atoms with Gasteiger partial charge < -0.3 is 0 Å². The quantitative estimate of drug-likeness (QED) is 0.215. The van der Waals surface area contributed by atoms with Crippen LogP contribution in [0.2, 0.25) is 0 Å². The molecular weight excluding hydrogens is 289 g/mol. The number of guanidine groups is 1. The molecular formula is C5H11IN5O2-. The van der Waals surface area contributed by atoms with E-state index in [2.05, 4.69) is 8.21 Å². The van der Waals surface area contributed by atoms with Crippen LogP contribution in [0, 0.1) is 10.1 Å². The molecule has 0 aromatic carbocycles. The molecule has 13 heavy (non-hydrogen) atoms. The molecule has 1 saturated heterocycles. The second-order valence-corrected chi connectivity index (χ2v) is 6.16. The number of halogens is 1. The van der Waals surface area contributed by atoms with E-state index in [1.54, 1.807) is 11.9 Å². The van der Waals surface area contributed by atoms with Gasteiger partial charge in [0, 0.05) is 0 Å². The average molecular weight is 300 g/mol. The Balaban J connectivity index is 2.78. The molecule has 1 rings (SSSR count). The van der Waals surface area contributed by atoms with E-state index in [-0.39, 0.29) is 21.8 Å². The standard InChI is InChI=1S/C5H11IN5O2/c1-8-4-9(2)6-10(3)5(8)7-11(12)13/h4H2,1-3H3/q-1/b7-5-. The summed E-state index contributed by atoms with van der Waals surface area (Å²) < 4.78 is 3.98. The summed E-state index contributed by atoms with van der Waals surface area (Å²) in [5.74, 6) is 0.441. The minimum atomic E-state index is -0.655. The molecule has 1 fully saturated rings. The fourth-order valence-electron chi connectivity index (χ4n) is 1.05. The normalized spacial score (nSPS) is 23.2. The first-order chi connectivity index (χ1) is 6.00. The summed E-state index contributed by atoms with van der Waals surface area (Å²) in [6.45, 7) is 0.699.